The first-order valence-electron chi connectivity index (χ1n) is 9.20. The van der Waals surface area contributed by atoms with Crippen LogP contribution in [0.3, 0.4) is 0 Å². The molecule has 7 heteroatoms. The second-order valence-electron chi connectivity index (χ2n) is 6.64. The minimum absolute atomic E-state index is 0.248. The van der Waals surface area contributed by atoms with Crippen molar-refractivity contribution in [1.29, 1.82) is 0 Å². The van der Waals surface area contributed by atoms with Crippen LogP contribution in [0.4, 0.5) is 0 Å². The number of benzene rings is 1. The third-order valence-corrected chi connectivity index (χ3v) is 6.01. The SMILES string of the molecule is CCc1ccc(C(=O)[C@H](C)OC(=O)[C@H]2CS[C@H](c3ccco3)N2C(C)=O)cc1. The van der Waals surface area contributed by atoms with Gasteiger partial charge in [0.2, 0.25) is 11.7 Å². The molecule has 0 spiro atoms. The second-order valence-corrected chi connectivity index (χ2v) is 7.75. The van der Waals surface area contributed by atoms with Crippen LogP contribution in [-0.4, -0.2) is 40.5 Å². The molecular weight excluding hydrogens is 378 g/mol. The number of furan rings is 1. The molecule has 0 N–H and O–H groups in total. The Labute approximate surface area is 168 Å². The van der Waals surface area contributed by atoms with Gasteiger partial charge in [0.05, 0.1) is 6.26 Å². The molecule has 3 atom stereocenters. The molecule has 0 bridgehead atoms. The van der Waals surface area contributed by atoms with Crippen LogP contribution in [0.2, 0.25) is 0 Å². The molecule has 1 aromatic carbocycles. The summed E-state index contributed by atoms with van der Waals surface area (Å²) in [7, 11) is 0. The molecule has 6 nitrogen and oxygen atoms in total. The minimum Gasteiger partial charge on any atom is -0.466 e. The molecule has 3 rings (SSSR count). The Kier molecular flexibility index (Phi) is 6.24. The Morgan fingerprint density at radius 1 is 1.25 bits per heavy atom. The molecule has 0 saturated carbocycles. The minimum atomic E-state index is -0.929. The highest BCUT2D eigenvalue weighted by Gasteiger charge is 2.43. The monoisotopic (exact) mass is 401 g/mol. The van der Waals surface area contributed by atoms with Gasteiger partial charge in [-0.1, -0.05) is 31.2 Å². The van der Waals surface area contributed by atoms with Crippen molar-refractivity contribution in [2.24, 2.45) is 0 Å². The predicted octanol–water partition coefficient (Wildman–Crippen LogP) is 3.62. The zero-order valence-electron chi connectivity index (χ0n) is 16.1. The number of esters is 1. The van der Waals surface area contributed by atoms with Crippen molar-refractivity contribution in [3.8, 4) is 0 Å². The number of ketones is 1. The number of ether oxygens (including phenoxy) is 1. The number of amides is 1. The van der Waals surface area contributed by atoms with E-state index in [1.165, 1.54) is 29.8 Å². The van der Waals surface area contributed by atoms with Crippen molar-refractivity contribution in [1.82, 2.24) is 4.90 Å². The molecule has 1 saturated heterocycles. The van der Waals surface area contributed by atoms with E-state index in [1.54, 1.807) is 31.2 Å². The third-order valence-electron chi connectivity index (χ3n) is 4.73. The van der Waals surface area contributed by atoms with Gasteiger partial charge in [0.15, 0.2) is 6.10 Å². The number of carbonyl (C=O) groups is 3. The standard InChI is InChI=1S/C21H23NO5S/c1-4-15-7-9-16(10-8-15)19(24)13(2)27-21(25)17-12-28-20(22(17)14(3)23)18-6-5-11-26-18/h5-11,13,17,20H,4,12H2,1-3H3/t13-,17+,20+/m0/s1. The normalized spacial score (nSPS) is 20.0. The van der Waals surface area contributed by atoms with Gasteiger partial charge in [-0.3, -0.25) is 9.59 Å². The van der Waals surface area contributed by atoms with Crippen molar-refractivity contribution < 1.29 is 23.5 Å². The predicted molar refractivity (Wildman–Crippen MR) is 106 cm³/mol. The van der Waals surface area contributed by atoms with E-state index in [9.17, 15) is 14.4 Å². The quantitative estimate of drug-likeness (QED) is 0.544. The Hall–Kier alpha value is -2.54. The molecule has 2 heterocycles. The van der Waals surface area contributed by atoms with Gasteiger partial charge in [0, 0.05) is 18.2 Å². The van der Waals surface area contributed by atoms with Crippen LogP contribution in [0, 0.1) is 0 Å². The zero-order chi connectivity index (χ0) is 20.3. The van der Waals surface area contributed by atoms with Gasteiger partial charge in [-0.25, -0.2) is 4.79 Å². The van der Waals surface area contributed by atoms with E-state index in [1.807, 2.05) is 19.1 Å². The fourth-order valence-corrected chi connectivity index (χ4v) is 4.58. The molecule has 0 aliphatic carbocycles. The maximum atomic E-state index is 12.7. The zero-order valence-corrected chi connectivity index (χ0v) is 16.9. The number of hydrogen-bond acceptors (Lipinski definition) is 6. The number of Topliss-reactive ketones (excluding diaryl/α,β-unsaturated/α-hetero) is 1. The summed E-state index contributed by atoms with van der Waals surface area (Å²) in [5.74, 6) is -0.102. The van der Waals surface area contributed by atoms with Gasteiger partial charge in [-0.2, -0.15) is 0 Å². The van der Waals surface area contributed by atoms with Crippen LogP contribution in [0.25, 0.3) is 0 Å². The first-order valence-corrected chi connectivity index (χ1v) is 10.2. The van der Waals surface area contributed by atoms with E-state index < -0.39 is 18.1 Å². The summed E-state index contributed by atoms with van der Waals surface area (Å²) in [6, 6.07) is 10.0. The number of rotatable bonds is 6. The number of carbonyl (C=O) groups excluding carboxylic acids is 3. The number of hydrogen-bond donors (Lipinski definition) is 0. The summed E-state index contributed by atoms with van der Waals surface area (Å²) in [6.45, 7) is 5.00. The fourth-order valence-electron chi connectivity index (χ4n) is 3.17. The summed E-state index contributed by atoms with van der Waals surface area (Å²) in [6.07, 6.45) is 1.49. The van der Waals surface area contributed by atoms with Crippen molar-refractivity contribution in [2.45, 2.75) is 44.7 Å². The smallest absolute Gasteiger partial charge is 0.330 e. The van der Waals surface area contributed by atoms with Crippen LogP contribution in [0.1, 0.15) is 47.8 Å². The number of nitrogens with zero attached hydrogens (tertiary/aromatic N) is 1. The maximum absolute atomic E-state index is 12.7. The maximum Gasteiger partial charge on any atom is 0.330 e. The van der Waals surface area contributed by atoms with E-state index in [0.29, 0.717) is 17.1 Å². The highest BCUT2D eigenvalue weighted by molar-refractivity contribution is 7.99. The van der Waals surface area contributed by atoms with Gasteiger partial charge in [0.25, 0.3) is 0 Å². The van der Waals surface area contributed by atoms with Gasteiger partial charge < -0.3 is 14.1 Å². The summed E-state index contributed by atoms with van der Waals surface area (Å²) >= 11 is 1.43. The molecule has 1 aliphatic rings. The molecule has 1 amide bonds. The summed E-state index contributed by atoms with van der Waals surface area (Å²) < 4.78 is 10.8. The lowest BCUT2D eigenvalue weighted by molar-refractivity contribution is -0.155. The average molecular weight is 401 g/mol. The molecule has 1 aromatic heterocycles. The largest absolute Gasteiger partial charge is 0.466 e. The molecule has 1 aliphatic heterocycles. The lowest BCUT2D eigenvalue weighted by Crippen LogP contribution is -2.44. The van der Waals surface area contributed by atoms with Crippen molar-refractivity contribution in [3.05, 3.63) is 59.5 Å². The Bertz CT molecular complexity index is 846. The molecule has 1 fully saturated rings. The number of thioether (sulfide) groups is 1. The molecule has 0 unspecified atom stereocenters. The van der Waals surface area contributed by atoms with Crippen LogP contribution >= 0.6 is 11.8 Å². The van der Waals surface area contributed by atoms with E-state index in [4.69, 9.17) is 9.15 Å². The lowest BCUT2D eigenvalue weighted by Gasteiger charge is -2.26. The van der Waals surface area contributed by atoms with Crippen LogP contribution in [0.5, 0.6) is 0 Å². The molecule has 2 aromatic rings. The van der Waals surface area contributed by atoms with Gasteiger partial charge in [-0.15, -0.1) is 11.8 Å². The second kappa shape index (κ2) is 8.65. The summed E-state index contributed by atoms with van der Waals surface area (Å²) in [5.41, 5.74) is 1.63. The van der Waals surface area contributed by atoms with E-state index in [2.05, 4.69) is 0 Å². The van der Waals surface area contributed by atoms with E-state index in [-0.39, 0.29) is 17.1 Å². The van der Waals surface area contributed by atoms with Crippen molar-refractivity contribution >= 4 is 29.4 Å². The van der Waals surface area contributed by atoms with Gasteiger partial charge >= 0.3 is 5.97 Å². The lowest BCUT2D eigenvalue weighted by atomic mass is 10.0. The topological polar surface area (TPSA) is 76.8 Å². The Balaban J connectivity index is 1.68. The highest BCUT2D eigenvalue weighted by Crippen LogP contribution is 2.41. The Morgan fingerprint density at radius 2 is 1.96 bits per heavy atom. The Morgan fingerprint density at radius 3 is 2.54 bits per heavy atom. The first kappa shape index (κ1) is 20.2. The van der Waals surface area contributed by atoms with E-state index >= 15 is 0 Å². The molecular formula is C21H23NO5S. The van der Waals surface area contributed by atoms with E-state index in [0.717, 1.165) is 12.0 Å². The van der Waals surface area contributed by atoms with Gasteiger partial charge in [-0.05, 0) is 31.0 Å². The van der Waals surface area contributed by atoms with Crippen LogP contribution in [0.15, 0.2) is 47.1 Å². The summed E-state index contributed by atoms with van der Waals surface area (Å²) in [5, 5.41) is -0.377. The molecule has 28 heavy (non-hydrogen) atoms. The third kappa shape index (κ3) is 4.14. The van der Waals surface area contributed by atoms with Crippen LogP contribution in [-0.2, 0) is 20.7 Å². The molecule has 0 radical (unpaired) electrons. The summed E-state index contributed by atoms with van der Waals surface area (Å²) in [4.78, 5) is 38.9. The highest BCUT2D eigenvalue weighted by atomic mass is 32.2. The van der Waals surface area contributed by atoms with Crippen LogP contribution < -0.4 is 0 Å². The average Bonchev–Trinajstić information content (AvgIpc) is 3.36. The number of aryl methyl sites for hydroxylation is 1. The van der Waals surface area contributed by atoms with Crippen molar-refractivity contribution in [3.63, 3.8) is 0 Å². The van der Waals surface area contributed by atoms with Gasteiger partial charge in [0.1, 0.15) is 17.2 Å². The first-order chi connectivity index (χ1) is 13.4. The fraction of sp³-hybridized carbons (Fsp3) is 0.381. The van der Waals surface area contributed by atoms with Crippen molar-refractivity contribution in [2.75, 3.05) is 5.75 Å². The molecule has 148 valence electrons.